The monoisotopic (exact) mass is 199 g/mol. The minimum absolute atomic E-state index is 0.701. The summed E-state index contributed by atoms with van der Waals surface area (Å²) in [6.45, 7) is 2.08. The molecule has 0 atom stereocenters. The van der Waals surface area contributed by atoms with Crippen molar-refractivity contribution in [3.05, 3.63) is 29.8 Å². The summed E-state index contributed by atoms with van der Waals surface area (Å²) in [7, 11) is 0. The van der Waals surface area contributed by atoms with E-state index in [1.165, 1.54) is 11.3 Å². The van der Waals surface area contributed by atoms with Crippen molar-refractivity contribution in [3.63, 3.8) is 0 Å². The van der Waals surface area contributed by atoms with Crippen molar-refractivity contribution in [2.24, 2.45) is 0 Å². The number of benzene rings is 1. The minimum atomic E-state index is 0.701. The molecule has 12 heavy (non-hydrogen) atoms. The van der Waals surface area contributed by atoms with Gasteiger partial charge in [0.25, 0.3) is 0 Å². The maximum Gasteiger partial charge on any atom is 0.0618 e. The molecule has 0 N–H and O–H groups in total. The van der Waals surface area contributed by atoms with Gasteiger partial charge in [0.05, 0.1) is 11.8 Å². The Labute approximate surface area is 84.6 Å². The minimum Gasteiger partial charge on any atom is -0.354 e. The summed E-state index contributed by atoms with van der Waals surface area (Å²) in [6, 6.07) is 8.36. The molecular formula is C9H13NS2. The fourth-order valence-corrected chi connectivity index (χ4v) is 1.65. The van der Waals surface area contributed by atoms with Crippen molar-refractivity contribution < 1.29 is 0 Å². The van der Waals surface area contributed by atoms with Gasteiger partial charge in [0.1, 0.15) is 0 Å². The third-order valence-electron chi connectivity index (χ3n) is 1.74. The van der Waals surface area contributed by atoms with Gasteiger partial charge in [-0.05, 0) is 19.1 Å². The first-order valence-corrected chi connectivity index (χ1v) is 5.07. The zero-order valence-corrected chi connectivity index (χ0v) is 8.85. The van der Waals surface area contributed by atoms with E-state index in [9.17, 15) is 0 Å². The van der Waals surface area contributed by atoms with E-state index in [1.807, 2.05) is 0 Å². The molecular weight excluding hydrogens is 186 g/mol. The number of rotatable bonds is 3. The van der Waals surface area contributed by atoms with E-state index >= 15 is 0 Å². The van der Waals surface area contributed by atoms with Crippen LogP contribution >= 0.6 is 25.3 Å². The third kappa shape index (κ3) is 2.35. The fraction of sp³-hybridized carbons (Fsp3) is 0.333. The topological polar surface area (TPSA) is 3.24 Å². The lowest BCUT2D eigenvalue weighted by atomic mass is 10.2. The van der Waals surface area contributed by atoms with Gasteiger partial charge in [0.2, 0.25) is 0 Å². The highest BCUT2D eigenvalue weighted by molar-refractivity contribution is 7.81. The molecule has 0 heterocycles. The highest BCUT2D eigenvalue weighted by Gasteiger charge is 1.99. The van der Waals surface area contributed by atoms with Crippen molar-refractivity contribution in [2.75, 3.05) is 16.7 Å². The van der Waals surface area contributed by atoms with Gasteiger partial charge < -0.3 is 4.90 Å². The molecule has 0 fully saturated rings. The highest BCUT2D eigenvalue weighted by atomic mass is 32.1. The molecule has 3 heteroatoms. The van der Waals surface area contributed by atoms with E-state index in [-0.39, 0.29) is 0 Å². The summed E-state index contributed by atoms with van der Waals surface area (Å²) in [5.41, 5.74) is 2.45. The number of hydrogen-bond acceptors (Lipinski definition) is 3. The number of anilines is 1. The van der Waals surface area contributed by atoms with Gasteiger partial charge in [0, 0.05) is 5.69 Å². The van der Waals surface area contributed by atoms with E-state index in [1.54, 1.807) is 0 Å². The molecule has 0 saturated carbocycles. The van der Waals surface area contributed by atoms with Gasteiger partial charge in [0.15, 0.2) is 0 Å². The van der Waals surface area contributed by atoms with Crippen LogP contribution in [-0.2, 0) is 0 Å². The zero-order chi connectivity index (χ0) is 8.97. The molecule has 1 rings (SSSR count). The second kappa shape index (κ2) is 4.67. The summed E-state index contributed by atoms with van der Waals surface area (Å²) in [5, 5.41) is 0. The molecule has 0 aliphatic heterocycles. The SMILES string of the molecule is Cc1ccc(N(CS)CS)cc1. The van der Waals surface area contributed by atoms with Crippen LogP contribution in [0.2, 0.25) is 0 Å². The lowest BCUT2D eigenvalue weighted by molar-refractivity contribution is 1.07. The standard InChI is InChI=1S/C9H13NS2/c1-8-2-4-9(5-3-8)10(6-11)7-12/h2-5,11-12H,6-7H2,1H3. The molecule has 0 unspecified atom stereocenters. The smallest absolute Gasteiger partial charge is 0.0618 e. The van der Waals surface area contributed by atoms with Crippen LogP contribution in [0.3, 0.4) is 0 Å². The molecule has 1 nitrogen and oxygen atoms in total. The van der Waals surface area contributed by atoms with E-state index in [4.69, 9.17) is 0 Å². The van der Waals surface area contributed by atoms with Crippen molar-refractivity contribution in [2.45, 2.75) is 6.92 Å². The van der Waals surface area contributed by atoms with Crippen LogP contribution in [0.25, 0.3) is 0 Å². The molecule has 0 saturated heterocycles. The fourth-order valence-electron chi connectivity index (χ4n) is 0.964. The Morgan fingerprint density at radius 2 is 1.58 bits per heavy atom. The number of thiol groups is 2. The number of aryl methyl sites for hydroxylation is 1. The largest absolute Gasteiger partial charge is 0.354 e. The summed E-state index contributed by atoms with van der Waals surface area (Å²) in [6.07, 6.45) is 0. The van der Waals surface area contributed by atoms with Crippen LogP contribution in [0.4, 0.5) is 5.69 Å². The molecule has 66 valence electrons. The normalized spacial score (nSPS) is 9.92. The predicted octanol–water partition coefficient (Wildman–Crippen LogP) is 2.58. The van der Waals surface area contributed by atoms with Gasteiger partial charge in [-0.3, -0.25) is 0 Å². The molecule has 0 aliphatic rings. The van der Waals surface area contributed by atoms with Crippen LogP contribution in [0.15, 0.2) is 24.3 Å². The molecule has 0 amide bonds. The zero-order valence-electron chi connectivity index (χ0n) is 7.07. The van der Waals surface area contributed by atoms with Crippen LogP contribution in [0.5, 0.6) is 0 Å². The Hall–Kier alpha value is -0.280. The summed E-state index contributed by atoms with van der Waals surface area (Å²) < 4.78 is 0. The first-order chi connectivity index (χ1) is 5.77. The number of nitrogens with zero attached hydrogens (tertiary/aromatic N) is 1. The lowest BCUT2D eigenvalue weighted by Gasteiger charge is -2.19. The molecule has 0 aliphatic carbocycles. The Bertz CT molecular complexity index is 229. The second-order valence-electron chi connectivity index (χ2n) is 2.66. The summed E-state index contributed by atoms with van der Waals surface area (Å²) >= 11 is 8.42. The Morgan fingerprint density at radius 1 is 1.08 bits per heavy atom. The Kier molecular flexibility index (Phi) is 3.82. The maximum atomic E-state index is 4.21. The first kappa shape index (κ1) is 9.81. The van der Waals surface area contributed by atoms with Crippen LogP contribution in [0.1, 0.15) is 5.56 Å². The van der Waals surface area contributed by atoms with E-state index in [0.29, 0.717) is 11.8 Å². The van der Waals surface area contributed by atoms with Crippen LogP contribution in [-0.4, -0.2) is 11.8 Å². The van der Waals surface area contributed by atoms with Crippen molar-refractivity contribution in [3.8, 4) is 0 Å². The lowest BCUT2D eigenvalue weighted by Crippen LogP contribution is -2.18. The second-order valence-corrected chi connectivity index (χ2v) is 3.22. The predicted molar refractivity (Wildman–Crippen MR) is 61.4 cm³/mol. The van der Waals surface area contributed by atoms with E-state index in [2.05, 4.69) is 61.3 Å². The number of hydrogen-bond donors (Lipinski definition) is 2. The molecule has 1 aromatic carbocycles. The van der Waals surface area contributed by atoms with Crippen LogP contribution in [0, 0.1) is 6.92 Å². The van der Waals surface area contributed by atoms with Gasteiger partial charge in [-0.15, -0.1) is 0 Å². The molecule has 1 aromatic rings. The molecule has 0 bridgehead atoms. The van der Waals surface area contributed by atoms with Gasteiger partial charge >= 0.3 is 0 Å². The van der Waals surface area contributed by atoms with E-state index < -0.39 is 0 Å². The van der Waals surface area contributed by atoms with Crippen molar-refractivity contribution in [1.82, 2.24) is 0 Å². The molecule has 0 aromatic heterocycles. The average Bonchev–Trinajstić information content (AvgIpc) is 2.10. The van der Waals surface area contributed by atoms with Crippen LogP contribution < -0.4 is 4.90 Å². The molecule has 0 radical (unpaired) electrons. The first-order valence-electron chi connectivity index (χ1n) is 3.81. The third-order valence-corrected chi connectivity index (χ3v) is 2.42. The Morgan fingerprint density at radius 3 is 2.00 bits per heavy atom. The van der Waals surface area contributed by atoms with Gasteiger partial charge in [-0.2, -0.15) is 25.3 Å². The van der Waals surface area contributed by atoms with Gasteiger partial charge in [-0.1, -0.05) is 17.7 Å². The average molecular weight is 199 g/mol. The molecule has 0 spiro atoms. The summed E-state index contributed by atoms with van der Waals surface area (Å²) in [4.78, 5) is 2.08. The quantitative estimate of drug-likeness (QED) is 0.559. The summed E-state index contributed by atoms with van der Waals surface area (Å²) in [5.74, 6) is 1.40. The Balaban J connectivity index is 2.80. The van der Waals surface area contributed by atoms with Crippen molar-refractivity contribution >= 4 is 30.9 Å². The van der Waals surface area contributed by atoms with Gasteiger partial charge in [-0.25, -0.2) is 0 Å². The highest BCUT2D eigenvalue weighted by Crippen LogP contribution is 2.15. The van der Waals surface area contributed by atoms with Crippen molar-refractivity contribution in [1.29, 1.82) is 0 Å². The maximum absolute atomic E-state index is 4.21. The van der Waals surface area contributed by atoms with E-state index in [0.717, 1.165) is 0 Å².